The van der Waals surface area contributed by atoms with Crippen molar-refractivity contribution in [3.8, 4) is 0 Å². The molecule has 0 unspecified atom stereocenters. The first-order valence-corrected chi connectivity index (χ1v) is 9.45. The molecule has 0 saturated carbocycles. The van der Waals surface area contributed by atoms with Crippen LogP contribution in [-0.4, -0.2) is 20.7 Å². The molecule has 27 heavy (non-hydrogen) atoms. The normalized spacial score (nSPS) is 10.7. The van der Waals surface area contributed by atoms with E-state index in [1.807, 2.05) is 13.0 Å². The summed E-state index contributed by atoms with van der Waals surface area (Å²) in [6, 6.07) is 9.12. The largest absolute Gasteiger partial charge is 0.296 e. The number of carbonyl (C=O) groups excluding carboxylic acids is 1. The maximum Gasteiger partial charge on any atom is 0.277 e. The fourth-order valence-electron chi connectivity index (χ4n) is 2.49. The van der Waals surface area contributed by atoms with Crippen LogP contribution in [0.1, 0.15) is 40.7 Å². The van der Waals surface area contributed by atoms with Gasteiger partial charge in [-0.1, -0.05) is 25.5 Å². The molecule has 1 amide bonds. The van der Waals surface area contributed by atoms with Gasteiger partial charge in [0.2, 0.25) is 0 Å². The third-order valence-electron chi connectivity index (χ3n) is 3.86. The summed E-state index contributed by atoms with van der Waals surface area (Å²) in [5.41, 5.74) is 0.764. The number of halogens is 1. The lowest BCUT2D eigenvalue weighted by Crippen LogP contribution is -2.26. The molecule has 6 nitrogen and oxygen atoms in total. The SMILES string of the molecule is CCCCn1nc(C(=O)Nc2ncc(Cc3cccc(F)c3)s2)ccc1=O. The van der Waals surface area contributed by atoms with E-state index in [2.05, 4.69) is 15.4 Å². The summed E-state index contributed by atoms with van der Waals surface area (Å²) in [4.78, 5) is 29.3. The molecular weight excluding hydrogens is 367 g/mol. The Bertz CT molecular complexity index is 999. The van der Waals surface area contributed by atoms with Crippen LogP contribution in [0.4, 0.5) is 9.52 Å². The number of hydrogen-bond donors (Lipinski definition) is 1. The highest BCUT2D eigenvalue weighted by Crippen LogP contribution is 2.21. The van der Waals surface area contributed by atoms with Gasteiger partial charge in [-0.15, -0.1) is 11.3 Å². The molecule has 0 aliphatic heterocycles. The molecule has 0 aliphatic carbocycles. The van der Waals surface area contributed by atoms with Crippen molar-refractivity contribution in [2.45, 2.75) is 32.7 Å². The van der Waals surface area contributed by atoms with Crippen LogP contribution in [0.2, 0.25) is 0 Å². The number of anilines is 1. The number of hydrogen-bond acceptors (Lipinski definition) is 5. The molecule has 8 heteroatoms. The summed E-state index contributed by atoms with van der Waals surface area (Å²) < 4.78 is 14.6. The van der Waals surface area contributed by atoms with E-state index in [4.69, 9.17) is 0 Å². The second kappa shape index (κ2) is 8.68. The quantitative estimate of drug-likeness (QED) is 0.674. The summed E-state index contributed by atoms with van der Waals surface area (Å²) in [6.45, 7) is 2.50. The number of nitrogens with one attached hydrogen (secondary N) is 1. The number of nitrogens with zero attached hydrogens (tertiary/aromatic N) is 3. The fourth-order valence-corrected chi connectivity index (χ4v) is 3.34. The van der Waals surface area contributed by atoms with Gasteiger partial charge in [-0.05, 0) is 30.2 Å². The molecule has 2 heterocycles. The lowest BCUT2D eigenvalue weighted by molar-refractivity contribution is 0.101. The predicted octanol–water partition coefficient (Wildman–Crippen LogP) is 3.48. The van der Waals surface area contributed by atoms with Gasteiger partial charge in [0.25, 0.3) is 11.5 Å². The Morgan fingerprint density at radius 3 is 2.93 bits per heavy atom. The second-order valence-corrected chi connectivity index (χ2v) is 7.14. The average Bonchev–Trinajstić information content (AvgIpc) is 3.07. The topological polar surface area (TPSA) is 76.9 Å². The predicted molar refractivity (Wildman–Crippen MR) is 103 cm³/mol. The summed E-state index contributed by atoms with van der Waals surface area (Å²) in [6.07, 6.45) is 3.93. The first-order chi connectivity index (χ1) is 13.0. The van der Waals surface area contributed by atoms with Crippen LogP contribution in [0.15, 0.2) is 47.4 Å². The molecule has 0 aliphatic rings. The highest BCUT2D eigenvalue weighted by Gasteiger charge is 2.12. The first-order valence-electron chi connectivity index (χ1n) is 8.64. The van der Waals surface area contributed by atoms with Crippen LogP contribution in [0, 0.1) is 5.82 Å². The Morgan fingerprint density at radius 2 is 2.15 bits per heavy atom. The van der Waals surface area contributed by atoms with Gasteiger partial charge in [0, 0.05) is 30.1 Å². The van der Waals surface area contributed by atoms with Crippen LogP contribution in [0.3, 0.4) is 0 Å². The van der Waals surface area contributed by atoms with Crippen molar-refractivity contribution in [2.24, 2.45) is 0 Å². The van der Waals surface area contributed by atoms with E-state index in [1.54, 1.807) is 12.3 Å². The van der Waals surface area contributed by atoms with Gasteiger partial charge >= 0.3 is 0 Å². The first kappa shape index (κ1) is 18.9. The monoisotopic (exact) mass is 386 g/mol. The molecule has 0 saturated heterocycles. The van der Waals surface area contributed by atoms with Crippen molar-refractivity contribution in [1.82, 2.24) is 14.8 Å². The number of rotatable bonds is 7. The molecule has 140 valence electrons. The van der Waals surface area contributed by atoms with Gasteiger partial charge in [0.15, 0.2) is 5.13 Å². The zero-order chi connectivity index (χ0) is 19.2. The smallest absolute Gasteiger partial charge is 0.277 e. The lowest BCUT2D eigenvalue weighted by atomic mass is 10.1. The van der Waals surface area contributed by atoms with Crippen LogP contribution in [0.25, 0.3) is 0 Å². The number of aryl methyl sites for hydroxylation is 1. The second-order valence-electron chi connectivity index (χ2n) is 6.03. The third-order valence-corrected chi connectivity index (χ3v) is 4.78. The molecule has 0 fully saturated rings. The van der Waals surface area contributed by atoms with E-state index in [0.717, 1.165) is 23.3 Å². The Hall–Kier alpha value is -2.87. The Morgan fingerprint density at radius 1 is 1.30 bits per heavy atom. The van der Waals surface area contributed by atoms with Gasteiger partial charge in [0.1, 0.15) is 11.5 Å². The molecule has 0 radical (unpaired) electrons. The van der Waals surface area contributed by atoms with Gasteiger partial charge in [0.05, 0.1) is 0 Å². The van der Waals surface area contributed by atoms with E-state index >= 15 is 0 Å². The molecule has 0 atom stereocenters. The third kappa shape index (κ3) is 5.07. The number of unbranched alkanes of at least 4 members (excludes halogenated alkanes) is 1. The standard InChI is InChI=1S/C19H19FN4O2S/c1-2-3-9-24-17(25)8-7-16(23-24)18(26)22-19-21-12-15(27-19)11-13-5-4-6-14(20)10-13/h4-8,10,12H,2-3,9,11H2,1H3,(H,21,22,26). The van der Waals surface area contributed by atoms with Crippen molar-refractivity contribution >= 4 is 22.4 Å². The number of thiazole rings is 1. The van der Waals surface area contributed by atoms with Crippen molar-refractivity contribution in [2.75, 3.05) is 5.32 Å². The van der Waals surface area contributed by atoms with Crippen molar-refractivity contribution in [3.63, 3.8) is 0 Å². The number of aromatic nitrogens is 3. The van der Waals surface area contributed by atoms with Gasteiger partial charge in [-0.2, -0.15) is 5.10 Å². The summed E-state index contributed by atoms with van der Waals surface area (Å²) in [7, 11) is 0. The Kier molecular flexibility index (Phi) is 6.08. The maximum atomic E-state index is 13.3. The number of amides is 1. The number of carbonyl (C=O) groups is 1. The molecule has 3 aromatic rings. The van der Waals surface area contributed by atoms with Crippen molar-refractivity contribution in [1.29, 1.82) is 0 Å². The van der Waals surface area contributed by atoms with E-state index in [-0.39, 0.29) is 17.1 Å². The molecule has 0 spiro atoms. The molecule has 0 bridgehead atoms. The molecule has 1 N–H and O–H groups in total. The molecular formula is C19H19FN4O2S. The highest BCUT2D eigenvalue weighted by atomic mass is 32.1. The highest BCUT2D eigenvalue weighted by molar-refractivity contribution is 7.15. The maximum absolute atomic E-state index is 13.3. The van der Waals surface area contributed by atoms with E-state index in [9.17, 15) is 14.0 Å². The van der Waals surface area contributed by atoms with E-state index < -0.39 is 5.91 Å². The van der Waals surface area contributed by atoms with Crippen molar-refractivity contribution in [3.05, 3.63) is 74.9 Å². The Labute approximate surface area is 159 Å². The van der Waals surface area contributed by atoms with E-state index in [0.29, 0.717) is 18.1 Å². The number of benzene rings is 1. The zero-order valence-corrected chi connectivity index (χ0v) is 15.6. The minimum atomic E-state index is -0.424. The van der Waals surface area contributed by atoms with Crippen molar-refractivity contribution < 1.29 is 9.18 Å². The molecule has 2 aromatic heterocycles. The average molecular weight is 386 g/mol. The van der Waals surface area contributed by atoms with Gasteiger partial charge in [-0.3, -0.25) is 14.9 Å². The fraction of sp³-hybridized carbons (Fsp3) is 0.263. The summed E-state index contributed by atoms with van der Waals surface area (Å²) >= 11 is 1.32. The van der Waals surface area contributed by atoms with Gasteiger partial charge < -0.3 is 0 Å². The van der Waals surface area contributed by atoms with Gasteiger partial charge in [-0.25, -0.2) is 14.1 Å². The molecule has 3 rings (SSSR count). The summed E-state index contributed by atoms with van der Waals surface area (Å²) in [5.74, 6) is -0.707. The van der Waals surface area contributed by atoms with E-state index in [1.165, 1.54) is 40.3 Å². The Balaban J connectivity index is 1.68. The minimum absolute atomic E-state index is 0.160. The lowest BCUT2D eigenvalue weighted by Gasteiger charge is -2.06. The van der Waals surface area contributed by atoms with Crippen LogP contribution in [0.5, 0.6) is 0 Å². The van der Waals surface area contributed by atoms with Crippen LogP contribution >= 0.6 is 11.3 Å². The zero-order valence-electron chi connectivity index (χ0n) is 14.8. The van der Waals surface area contributed by atoms with Crippen LogP contribution in [-0.2, 0) is 13.0 Å². The van der Waals surface area contributed by atoms with Crippen LogP contribution < -0.4 is 10.9 Å². The summed E-state index contributed by atoms with van der Waals surface area (Å²) in [5, 5.41) is 7.24. The minimum Gasteiger partial charge on any atom is -0.296 e. The molecule has 1 aromatic carbocycles.